The number of aryl methyl sites for hydroxylation is 2. The predicted molar refractivity (Wildman–Crippen MR) is 78.1 cm³/mol. The Balaban J connectivity index is 2.01. The van der Waals surface area contributed by atoms with E-state index in [0.717, 1.165) is 38.9 Å². The SMILES string of the molecule is CNCCCCN1Cc2cc(C)ccc2CCC1=O. The summed E-state index contributed by atoms with van der Waals surface area (Å²) >= 11 is 0. The second-order valence-corrected chi connectivity index (χ2v) is 5.40. The molecule has 19 heavy (non-hydrogen) atoms. The highest BCUT2D eigenvalue weighted by atomic mass is 16.2. The molecule has 3 heteroatoms. The van der Waals surface area contributed by atoms with Crippen LogP contribution in [0.15, 0.2) is 18.2 Å². The Morgan fingerprint density at radius 2 is 2.05 bits per heavy atom. The van der Waals surface area contributed by atoms with Crippen LogP contribution in [0.2, 0.25) is 0 Å². The first-order valence-electron chi connectivity index (χ1n) is 7.21. The first-order valence-corrected chi connectivity index (χ1v) is 7.21. The molecule has 2 rings (SSSR count). The lowest BCUT2D eigenvalue weighted by Crippen LogP contribution is -2.30. The number of nitrogens with zero attached hydrogens (tertiary/aromatic N) is 1. The molecule has 1 aliphatic rings. The Kier molecular flexibility index (Phi) is 4.97. The van der Waals surface area contributed by atoms with E-state index in [1.54, 1.807) is 0 Å². The molecule has 0 unspecified atom stereocenters. The van der Waals surface area contributed by atoms with Gasteiger partial charge in [-0.2, -0.15) is 0 Å². The van der Waals surface area contributed by atoms with Gasteiger partial charge in [0, 0.05) is 19.5 Å². The van der Waals surface area contributed by atoms with E-state index in [1.807, 2.05) is 11.9 Å². The molecule has 1 aromatic rings. The van der Waals surface area contributed by atoms with E-state index < -0.39 is 0 Å². The summed E-state index contributed by atoms with van der Waals surface area (Å²) in [6.07, 6.45) is 3.75. The number of benzene rings is 1. The number of unbranched alkanes of at least 4 members (excludes halogenated alkanes) is 1. The largest absolute Gasteiger partial charge is 0.338 e. The van der Waals surface area contributed by atoms with Crippen LogP contribution >= 0.6 is 0 Å². The van der Waals surface area contributed by atoms with E-state index in [0.29, 0.717) is 12.3 Å². The molecule has 104 valence electrons. The van der Waals surface area contributed by atoms with Crippen molar-refractivity contribution in [2.45, 2.75) is 39.2 Å². The highest BCUT2D eigenvalue weighted by Gasteiger charge is 2.19. The molecule has 0 aromatic heterocycles. The highest BCUT2D eigenvalue weighted by molar-refractivity contribution is 5.77. The van der Waals surface area contributed by atoms with Gasteiger partial charge in [0.25, 0.3) is 0 Å². The maximum Gasteiger partial charge on any atom is 0.223 e. The van der Waals surface area contributed by atoms with Gasteiger partial charge in [0.05, 0.1) is 0 Å². The van der Waals surface area contributed by atoms with Crippen molar-refractivity contribution >= 4 is 5.91 Å². The number of rotatable bonds is 5. The average Bonchev–Trinajstić information content (AvgIpc) is 2.55. The lowest BCUT2D eigenvalue weighted by Gasteiger charge is -2.21. The summed E-state index contributed by atoms with van der Waals surface area (Å²) in [6, 6.07) is 6.56. The van der Waals surface area contributed by atoms with Crippen molar-refractivity contribution < 1.29 is 4.79 Å². The van der Waals surface area contributed by atoms with Crippen molar-refractivity contribution in [3.63, 3.8) is 0 Å². The number of nitrogens with one attached hydrogen (secondary N) is 1. The second kappa shape index (κ2) is 6.71. The zero-order valence-corrected chi connectivity index (χ0v) is 12.0. The van der Waals surface area contributed by atoms with Gasteiger partial charge in [0.2, 0.25) is 5.91 Å². The highest BCUT2D eigenvalue weighted by Crippen LogP contribution is 2.21. The van der Waals surface area contributed by atoms with Crippen molar-refractivity contribution in [1.82, 2.24) is 10.2 Å². The summed E-state index contributed by atoms with van der Waals surface area (Å²) in [5, 5.41) is 3.15. The summed E-state index contributed by atoms with van der Waals surface area (Å²) in [5.74, 6) is 0.304. The minimum absolute atomic E-state index is 0.304. The lowest BCUT2D eigenvalue weighted by molar-refractivity contribution is -0.131. The molecule has 0 radical (unpaired) electrons. The van der Waals surface area contributed by atoms with Crippen LogP contribution in [0.4, 0.5) is 0 Å². The quantitative estimate of drug-likeness (QED) is 0.824. The fraction of sp³-hybridized carbons (Fsp3) is 0.562. The number of carbonyl (C=O) groups is 1. The van der Waals surface area contributed by atoms with Crippen LogP contribution in [0.25, 0.3) is 0 Å². The molecule has 0 saturated carbocycles. The Morgan fingerprint density at radius 3 is 2.84 bits per heavy atom. The van der Waals surface area contributed by atoms with E-state index in [-0.39, 0.29) is 0 Å². The molecule has 0 bridgehead atoms. The molecule has 0 saturated heterocycles. The molecule has 3 nitrogen and oxygen atoms in total. The number of hydrogen-bond donors (Lipinski definition) is 1. The Bertz CT molecular complexity index is 442. The summed E-state index contributed by atoms with van der Waals surface area (Å²) in [4.78, 5) is 14.2. The minimum atomic E-state index is 0.304. The fourth-order valence-corrected chi connectivity index (χ4v) is 2.65. The van der Waals surface area contributed by atoms with Gasteiger partial charge in [-0.1, -0.05) is 23.8 Å². The van der Waals surface area contributed by atoms with Gasteiger partial charge in [0.1, 0.15) is 0 Å². The Labute approximate surface area is 116 Å². The molecule has 1 aromatic carbocycles. The van der Waals surface area contributed by atoms with E-state index >= 15 is 0 Å². The molecular formula is C16H24N2O. The summed E-state index contributed by atoms with van der Waals surface area (Å²) in [5.41, 5.74) is 3.96. The van der Waals surface area contributed by atoms with Crippen molar-refractivity contribution in [2.75, 3.05) is 20.1 Å². The average molecular weight is 260 g/mol. The van der Waals surface area contributed by atoms with E-state index in [4.69, 9.17) is 0 Å². The van der Waals surface area contributed by atoms with Crippen LogP contribution < -0.4 is 5.32 Å². The van der Waals surface area contributed by atoms with Crippen molar-refractivity contribution in [1.29, 1.82) is 0 Å². The number of fused-ring (bicyclic) bond motifs is 1. The monoisotopic (exact) mass is 260 g/mol. The first-order chi connectivity index (χ1) is 9.20. The van der Waals surface area contributed by atoms with Gasteiger partial charge in [-0.05, 0) is 50.9 Å². The molecular weight excluding hydrogens is 236 g/mol. The van der Waals surface area contributed by atoms with Crippen LogP contribution in [0.3, 0.4) is 0 Å². The third kappa shape index (κ3) is 3.80. The smallest absolute Gasteiger partial charge is 0.223 e. The van der Waals surface area contributed by atoms with Crippen LogP contribution in [0, 0.1) is 6.92 Å². The fourth-order valence-electron chi connectivity index (χ4n) is 2.65. The van der Waals surface area contributed by atoms with Crippen LogP contribution in [-0.4, -0.2) is 30.9 Å². The third-order valence-electron chi connectivity index (χ3n) is 3.79. The Hall–Kier alpha value is -1.35. The molecule has 0 fully saturated rings. The molecule has 0 atom stereocenters. The summed E-state index contributed by atoms with van der Waals surface area (Å²) in [6.45, 7) is 4.81. The van der Waals surface area contributed by atoms with Crippen LogP contribution in [-0.2, 0) is 17.8 Å². The van der Waals surface area contributed by atoms with Crippen LogP contribution in [0.5, 0.6) is 0 Å². The lowest BCUT2D eigenvalue weighted by atomic mass is 10.0. The summed E-state index contributed by atoms with van der Waals surface area (Å²) in [7, 11) is 1.97. The maximum absolute atomic E-state index is 12.1. The van der Waals surface area contributed by atoms with Crippen molar-refractivity contribution in [3.8, 4) is 0 Å². The number of amides is 1. The zero-order valence-electron chi connectivity index (χ0n) is 12.0. The number of carbonyl (C=O) groups excluding carboxylic acids is 1. The van der Waals surface area contributed by atoms with E-state index in [9.17, 15) is 4.79 Å². The van der Waals surface area contributed by atoms with Gasteiger partial charge in [0.15, 0.2) is 0 Å². The summed E-state index contributed by atoms with van der Waals surface area (Å²) < 4.78 is 0. The minimum Gasteiger partial charge on any atom is -0.338 e. The van der Waals surface area contributed by atoms with E-state index in [1.165, 1.54) is 16.7 Å². The molecule has 0 spiro atoms. The van der Waals surface area contributed by atoms with Gasteiger partial charge < -0.3 is 10.2 Å². The molecule has 1 N–H and O–H groups in total. The van der Waals surface area contributed by atoms with Gasteiger partial charge in [-0.25, -0.2) is 0 Å². The predicted octanol–water partition coefficient (Wildman–Crippen LogP) is 2.27. The normalized spacial score (nSPS) is 15.3. The topological polar surface area (TPSA) is 32.3 Å². The standard InChI is InChI=1S/C16H24N2O/c1-13-5-6-14-7-8-16(19)18(12-15(14)11-13)10-4-3-9-17-2/h5-6,11,17H,3-4,7-10,12H2,1-2H3. The van der Waals surface area contributed by atoms with Crippen LogP contribution in [0.1, 0.15) is 36.0 Å². The zero-order chi connectivity index (χ0) is 13.7. The Morgan fingerprint density at radius 1 is 1.21 bits per heavy atom. The molecule has 1 amide bonds. The molecule has 1 heterocycles. The maximum atomic E-state index is 12.1. The van der Waals surface area contributed by atoms with Gasteiger partial charge in [-0.3, -0.25) is 4.79 Å². The second-order valence-electron chi connectivity index (χ2n) is 5.40. The van der Waals surface area contributed by atoms with Crippen molar-refractivity contribution in [3.05, 3.63) is 34.9 Å². The van der Waals surface area contributed by atoms with E-state index in [2.05, 4.69) is 30.4 Å². The molecule has 1 aliphatic heterocycles. The third-order valence-corrected chi connectivity index (χ3v) is 3.79. The van der Waals surface area contributed by atoms with Gasteiger partial charge >= 0.3 is 0 Å². The number of hydrogen-bond acceptors (Lipinski definition) is 2. The molecule has 0 aliphatic carbocycles. The first kappa shape index (κ1) is 14.1. The van der Waals surface area contributed by atoms with Crippen molar-refractivity contribution in [2.24, 2.45) is 0 Å². The van der Waals surface area contributed by atoms with Gasteiger partial charge in [-0.15, -0.1) is 0 Å².